The van der Waals surface area contributed by atoms with Gasteiger partial charge in [0.15, 0.2) is 0 Å². The summed E-state index contributed by atoms with van der Waals surface area (Å²) in [5.41, 5.74) is 0. The number of rotatable bonds is 26. The maximum Gasteiger partial charge on any atom is 0.328 e. The highest BCUT2D eigenvalue weighted by Crippen LogP contribution is 2.55. The molecule has 4 saturated heterocycles. The number of nitrogens with one attached hydrogen (secondary N) is 6. The summed E-state index contributed by atoms with van der Waals surface area (Å²) in [6.07, 6.45) is 2.66. The second kappa shape index (κ2) is 31.5. The van der Waals surface area contributed by atoms with E-state index in [1.807, 2.05) is 41.5 Å². The van der Waals surface area contributed by atoms with Crippen LogP contribution in [0, 0.1) is 0 Å². The monoisotopic (exact) mass is 1200 g/mol. The molecule has 4 rings (SSSR count). The van der Waals surface area contributed by atoms with E-state index < -0.39 is 77.7 Å². The molecule has 0 aromatic heterocycles. The molecule has 4 heterocycles. The van der Waals surface area contributed by atoms with Crippen LogP contribution in [0.4, 0.5) is 0 Å². The zero-order valence-electron chi connectivity index (χ0n) is 40.3. The summed E-state index contributed by atoms with van der Waals surface area (Å²) in [7, 11) is 0. The topological polar surface area (TPSA) is 333 Å². The molecule has 4 amide bonds. The number of ether oxygens (including phenoxy) is 1. The van der Waals surface area contributed by atoms with E-state index in [0.717, 1.165) is 0 Å². The summed E-state index contributed by atoms with van der Waals surface area (Å²) in [5, 5.41) is 45.8. The molecule has 0 spiro atoms. The average Bonchev–Trinajstić information content (AvgIpc) is 4.00. The molecule has 0 bridgehead atoms. The number of esters is 2. The molecule has 0 aromatic rings. The van der Waals surface area contributed by atoms with Crippen molar-refractivity contribution >= 4 is 181 Å². The number of amides is 4. The smallest absolute Gasteiger partial charge is 0.328 e. The Morgan fingerprint density at radius 1 is 0.458 bits per heavy atom. The van der Waals surface area contributed by atoms with Crippen molar-refractivity contribution in [2.75, 3.05) is 52.4 Å². The van der Waals surface area contributed by atoms with Crippen molar-refractivity contribution in [1.29, 1.82) is 0 Å². The molecule has 4 fully saturated rings. The quantitative estimate of drug-likeness (QED) is 0.0253. The number of thioether (sulfide) groups is 6. The Balaban J connectivity index is 0.000000405. The lowest BCUT2D eigenvalue weighted by Crippen LogP contribution is -2.41. The molecule has 4 aliphatic rings. The third-order valence-electron chi connectivity index (χ3n) is 9.92. The van der Waals surface area contributed by atoms with Gasteiger partial charge in [0.1, 0.15) is 52.5 Å². The van der Waals surface area contributed by atoms with Gasteiger partial charge < -0.3 is 57.1 Å². The summed E-state index contributed by atoms with van der Waals surface area (Å²) < 4.78 is 3.86. The van der Waals surface area contributed by atoms with Crippen LogP contribution in [0.15, 0.2) is 0 Å². The highest BCUT2D eigenvalue weighted by Gasteiger charge is 2.55. The molecule has 4 aliphatic heterocycles. The first-order valence-electron chi connectivity index (χ1n) is 22.4. The Morgan fingerprint density at radius 2 is 0.736 bits per heavy atom. The Hall–Kier alpha value is -1.68. The Morgan fingerprint density at radius 3 is 1.03 bits per heavy atom. The fraction of sp³-hybridized carbons (Fsp3) is 0.756. The van der Waals surface area contributed by atoms with Crippen molar-refractivity contribution in [2.24, 2.45) is 0 Å². The van der Waals surface area contributed by atoms with Crippen molar-refractivity contribution in [3.8, 4) is 0 Å². The van der Waals surface area contributed by atoms with Crippen LogP contribution >= 0.6 is 121 Å². The van der Waals surface area contributed by atoms with Gasteiger partial charge in [-0.25, -0.2) is 0 Å². The summed E-state index contributed by atoms with van der Waals surface area (Å²) in [5.74, 6) is -6.53. The van der Waals surface area contributed by atoms with E-state index >= 15 is 0 Å². The zero-order chi connectivity index (χ0) is 54.7. The van der Waals surface area contributed by atoms with Gasteiger partial charge in [-0.15, -0.1) is 70.6 Å². The number of hydrogen-bond donors (Lipinski definition) is 14. The van der Waals surface area contributed by atoms with E-state index in [9.17, 15) is 58.2 Å². The van der Waals surface area contributed by atoms with Crippen molar-refractivity contribution in [3.63, 3.8) is 0 Å². The fourth-order valence-electron chi connectivity index (χ4n) is 6.51. The van der Waals surface area contributed by atoms with E-state index in [1.54, 1.807) is 0 Å². The molecule has 10 atom stereocenters. The summed E-state index contributed by atoms with van der Waals surface area (Å²) in [6.45, 7) is 16.0. The first-order valence-corrected chi connectivity index (χ1v) is 29.7. The van der Waals surface area contributed by atoms with E-state index in [1.165, 1.54) is 70.6 Å². The molecule has 10 N–H and O–H groups in total. The number of carbonyl (C=O) groups is 10. The van der Waals surface area contributed by atoms with Crippen LogP contribution in [0.5, 0.6) is 0 Å². The summed E-state index contributed by atoms with van der Waals surface area (Å²) in [6, 6.07) is 0. The van der Waals surface area contributed by atoms with Crippen LogP contribution in [0.1, 0.15) is 67.2 Å². The molecule has 31 heteroatoms. The number of carboxylic acids is 4. The normalized spacial score (nSPS) is 24.8. The number of fused-ring (bicyclic) bond motifs is 1. The second-order valence-electron chi connectivity index (χ2n) is 17.4. The van der Waals surface area contributed by atoms with Gasteiger partial charge in [-0.1, -0.05) is 0 Å². The highest BCUT2D eigenvalue weighted by molar-refractivity contribution is 8.23. The highest BCUT2D eigenvalue weighted by atomic mass is 32.2. The molecule has 10 unspecified atom stereocenters. The van der Waals surface area contributed by atoms with Gasteiger partial charge in [-0.3, -0.25) is 47.9 Å². The van der Waals surface area contributed by atoms with Gasteiger partial charge in [-0.05, 0) is 93.4 Å². The van der Waals surface area contributed by atoms with E-state index in [0.29, 0.717) is 78.0 Å². The molecular formula is C41H66N6O15S10. The lowest BCUT2D eigenvalue weighted by Gasteiger charge is -2.16. The van der Waals surface area contributed by atoms with Gasteiger partial charge in [0, 0.05) is 26.2 Å². The molecular weight excluding hydrogens is 1140 g/mol. The lowest BCUT2D eigenvalue weighted by molar-refractivity contribution is -0.152. The molecule has 72 heavy (non-hydrogen) atoms. The van der Waals surface area contributed by atoms with Crippen molar-refractivity contribution in [1.82, 2.24) is 31.9 Å². The molecule has 21 nitrogen and oxygen atoms in total. The van der Waals surface area contributed by atoms with E-state index in [2.05, 4.69) is 87.2 Å². The predicted octanol–water partition coefficient (Wildman–Crippen LogP) is 1.64. The first kappa shape index (κ1) is 66.4. The maximum absolute atomic E-state index is 12.4. The minimum absolute atomic E-state index is 0.0373. The van der Waals surface area contributed by atoms with Crippen LogP contribution in [0.25, 0.3) is 0 Å². The molecule has 410 valence electrons. The second-order valence-corrected chi connectivity index (χ2v) is 31.0. The number of carbonyl (C=O) groups excluding carboxylic acids is 6. The number of carboxylic acid groups (broad SMARTS) is 4. The molecule has 0 radical (unpaired) electrons. The predicted molar refractivity (Wildman–Crippen MR) is 299 cm³/mol. The molecule has 0 aromatic carbocycles. The van der Waals surface area contributed by atoms with Crippen LogP contribution in [-0.2, 0) is 52.7 Å². The van der Waals surface area contributed by atoms with Crippen LogP contribution < -0.4 is 31.9 Å². The SMILES string of the molecule is CC1(C)SC(C(=O)O)C(C(=O)NCCCNCCCNC(=O)C2SC(C)(C)SC2C(=O)O)S1.CC1(C)SC2C(=O)OC(=O)C2S1.O=C(O)C(S)C(S)C(=O)NCCCNCCCNC(=O)C(S)C(S)C(=O)O. The van der Waals surface area contributed by atoms with Gasteiger partial charge >= 0.3 is 35.8 Å². The third kappa shape index (κ3) is 22.9. The number of hydrogen-bond acceptors (Lipinski definition) is 23. The van der Waals surface area contributed by atoms with Gasteiger partial charge in [0.25, 0.3) is 0 Å². The van der Waals surface area contributed by atoms with E-state index in [4.69, 9.17) is 10.2 Å². The van der Waals surface area contributed by atoms with Gasteiger partial charge in [0.2, 0.25) is 23.6 Å². The fourth-order valence-corrected chi connectivity index (χ4v) is 16.7. The van der Waals surface area contributed by atoms with E-state index in [-0.39, 0.29) is 46.5 Å². The largest absolute Gasteiger partial charge is 0.480 e. The maximum atomic E-state index is 12.4. The molecule has 0 aliphatic carbocycles. The zero-order valence-corrected chi connectivity index (χ0v) is 48.8. The Kier molecular flexibility index (Phi) is 29.1. The van der Waals surface area contributed by atoms with Crippen LogP contribution in [0.2, 0.25) is 0 Å². The Labute approximate surface area is 466 Å². The van der Waals surface area contributed by atoms with Crippen LogP contribution in [-0.4, -0.2) is 197 Å². The third-order valence-corrected chi connectivity index (χ3v) is 22.5. The van der Waals surface area contributed by atoms with Gasteiger partial charge in [-0.2, -0.15) is 50.5 Å². The van der Waals surface area contributed by atoms with Crippen molar-refractivity contribution in [2.45, 2.75) is 132 Å². The summed E-state index contributed by atoms with van der Waals surface area (Å²) in [4.78, 5) is 115. The minimum atomic E-state index is -1.21. The van der Waals surface area contributed by atoms with Crippen LogP contribution in [0.3, 0.4) is 0 Å². The number of cyclic esters (lactones) is 2. The molecule has 0 saturated carbocycles. The minimum Gasteiger partial charge on any atom is -0.480 e. The van der Waals surface area contributed by atoms with Crippen molar-refractivity contribution in [3.05, 3.63) is 0 Å². The number of thiol groups is 4. The summed E-state index contributed by atoms with van der Waals surface area (Å²) >= 11 is 23.9. The Bertz CT molecular complexity index is 1810. The lowest BCUT2D eigenvalue weighted by atomic mass is 10.2. The number of aliphatic carboxylic acids is 4. The average molecular weight is 1200 g/mol. The standard InChI is InChI=1S/C20H33N3O6S4.C14H25N3O6S4.C7H8O3S2/c1-19(2)30-11(13(32-19)17(26)27)15(24)22-9-5-7-21-8-6-10-23-16(25)12-14(18(28)29)33-20(3,4)31-12;18-11(7(24)9(26)13(20)21)16-5-1-3-15-4-2-6-17-12(19)8(25)10(27)14(22)23;1-7(2)11-3-4(12-7)6(9)10-5(3)8/h11-14,21H,5-10H2,1-4H3,(H,22,24)(H,23,25)(H,26,27)(H,28,29);7-10,15,24-27H,1-6H2,(H,16,18)(H,17,19)(H,20,21)(H,22,23);3-4H,1-2H3. The first-order chi connectivity index (χ1) is 33.4. The van der Waals surface area contributed by atoms with Crippen molar-refractivity contribution < 1.29 is 73.1 Å². The van der Waals surface area contributed by atoms with Gasteiger partial charge in [0.05, 0.1) is 12.2 Å².